The Kier molecular flexibility index (Phi) is 5.22. The molecule has 1 amide bonds. The Balaban J connectivity index is 2.49. The molecule has 0 aliphatic rings. The number of unbranched alkanes of at least 4 members (excludes halogenated alkanes) is 2. The van der Waals surface area contributed by atoms with Crippen molar-refractivity contribution in [3.63, 3.8) is 0 Å². The van der Waals surface area contributed by atoms with Crippen LogP contribution in [0.15, 0.2) is 10.5 Å². The zero-order valence-corrected chi connectivity index (χ0v) is 10.8. The van der Waals surface area contributed by atoms with Gasteiger partial charge in [0.15, 0.2) is 0 Å². The van der Waals surface area contributed by atoms with Gasteiger partial charge in [0.05, 0.1) is 5.56 Å². The molecule has 0 bridgehead atoms. The second-order valence-electron chi connectivity index (χ2n) is 4.34. The fourth-order valence-corrected chi connectivity index (χ4v) is 1.79. The van der Waals surface area contributed by atoms with E-state index < -0.39 is 0 Å². The molecule has 0 aromatic carbocycles. The molecule has 0 atom stereocenters. The monoisotopic (exact) mass is 239 g/mol. The van der Waals surface area contributed by atoms with Gasteiger partial charge in [-0.3, -0.25) is 4.79 Å². The van der Waals surface area contributed by atoms with Crippen molar-refractivity contribution in [2.24, 2.45) is 0 Å². The third-order valence-corrected chi connectivity index (χ3v) is 2.77. The van der Waals surface area contributed by atoms with Gasteiger partial charge in [0.2, 0.25) is 0 Å². The summed E-state index contributed by atoms with van der Waals surface area (Å²) in [6.45, 7) is 4.57. The van der Waals surface area contributed by atoms with E-state index >= 15 is 0 Å². The lowest BCUT2D eigenvalue weighted by molar-refractivity contribution is 0.0790. The number of nitrogens with zero attached hydrogens (tertiary/aromatic N) is 1. The molecule has 0 saturated heterocycles. The third-order valence-electron chi connectivity index (χ3n) is 2.77. The maximum Gasteiger partial charge on any atom is 0.257 e. The van der Waals surface area contributed by atoms with Gasteiger partial charge < -0.3 is 14.4 Å². The summed E-state index contributed by atoms with van der Waals surface area (Å²) in [5.74, 6) is 1.44. The minimum atomic E-state index is 0.00310. The van der Waals surface area contributed by atoms with E-state index in [9.17, 15) is 4.79 Å². The van der Waals surface area contributed by atoms with Crippen molar-refractivity contribution in [3.8, 4) is 0 Å². The highest BCUT2D eigenvalue weighted by Crippen LogP contribution is 2.15. The van der Waals surface area contributed by atoms with Crippen molar-refractivity contribution in [1.82, 2.24) is 4.90 Å². The van der Waals surface area contributed by atoms with Crippen LogP contribution in [0, 0.1) is 13.8 Å². The molecule has 0 aliphatic heterocycles. The highest BCUT2D eigenvalue weighted by atomic mass is 16.3. The molecule has 4 nitrogen and oxygen atoms in total. The quantitative estimate of drug-likeness (QED) is 0.774. The molecule has 4 heteroatoms. The second kappa shape index (κ2) is 6.45. The van der Waals surface area contributed by atoms with E-state index in [1.807, 2.05) is 6.92 Å². The molecule has 1 heterocycles. The van der Waals surface area contributed by atoms with Crippen LogP contribution in [-0.4, -0.2) is 36.1 Å². The summed E-state index contributed by atoms with van der Waals surface area (Å²) in [7, 11) is 1.79. The average molecular weight is 239 g/mol. The Bertz CT molecular complexity index is 371. The number of aliphatic hydroxyl groups excluding tert-OH is 1. The SMILES string of the molecule is Cc1cc(C(=O)N(C)CCCCCO)c(C)o1. The standard InChI is InChI=1S/C13H21NO3/c1-10-9-12(11(2)17-10)13(16)14(3)7-5-4-6-8-15/h9,15H,4-8H2,1-3H3. The highest BCUT2D eigenvalue weighted by Gasteiger charge is 2.16. The number of carbonyl (C=O) groups excluding carboxylic acids is 1. The van der Waals surface area contributed by atoms with Crippen LogP contribution in [0.4, 0.5) is 0 Å². The fourth-order valence-electron chi connectivity index (χ4n) is 1.79. The summed E-state index contributed by atoms with van der Waals surface area (Å²) in [5.41, 5.74) is 0.646. The number of rotatable bonds is 6. The van der Waals surface area contributed by atoms with Crippen molar-refractivity contribution in [2.45, 2.75) is 33.1 Å². The lowest BCUT2D eigenvalue weighted by Crippen LogP contribution is -2.27. The largest absolute Gasteiger partial charge is 0.466 e. The summed E-state index contributed by atoms with van der Waals surface area (Å²) in [6, 6.07) is 1.78. The Hall–Kier alpha value is -1.29. The van der Waals surface area contributed by atoms with Crippen LogP contribution < -0.4 is 0 Å². The maximum absolute atomic E-state index is 12.1. The topological polar surface area (TPSA) is 53.7 Å². The summed E-state index contributed by atoms with van der Waals surface area (Å²) in [4.78, 5) is 13.8. The molecule has 1 aromatic heterocycles. The van der Waals surface area contributed by atoms with Crippen LogP contribution >= 0.6 is 0 Å². The molecular weight excluding hydrogens is 218 g/mol. The van der Waals surface area contributed by atoms with Gasteiger partial charge in [0.25, 0.3) is 5.91 Å². The van der Waals surface area contributed by atoms with Crippen molar-refractivity contribution >= 4 is 5.91 Å². The first-order valence-electron chi connectivity index (χ1n) is 5.99. The van der Waals surface area contributed by atoms with Crippen molar-refractivity contribution in [1.29, 1.82) is 0 Å². The van der Waals surface area contributed by atoms with Crippen molar-refractivity contribution in [2.75, 3.05) is 20.2 Å². The molecule has 1 aromatic rings. The minimum Gasteiger partial charge on any atom is -0.466 e. The van der Waals surface area contributed by atoms with E-state index in [-0.39, 0.29) is 12.5 Å². The first kappa shape index (κ1) is 13.8. The summed E-state index contributed by atoms with van der Waals surface area (Å²) >= 11 is 0. The Labute approximate surface area is 102 Å². The van der Waals surface area contributed by atoms with E-state index in [0.29, 0.717) is 17.9 Å². The average Bonchev–Trinajstić information content (AvgIpc) is 2.62. The lowest BCUT2D eigenvalue weighted by atomic mass is 10.2. The van der Waals surface area contributed by atoms with E-state index in [1.54, 1.807) is 24.9 Å². The number of furan rings is 1. The smallest absolute Gasteiger partial charge is 0.257 e. The fraction of sp³-hybridized carbons (Fsp3) is 0.615. The number of amides is 1. The molecule has 0 unspecified atom stereocenters. The highest BCUT2D eigenvalue weighted by molar-refractivity contribution is 5.95. The van der Waals surface area contributed by atoms with Crippen molar-refractivity contribution in [3.05, 3.63) is 23.2 Å². The number of hydrogen-bond acceptors (Lipinski definition) is 3. The normalized spacial score (nSPS) is 10.6. The van der Waals surface area contributed by atoms with Crippen LogP contribution in [0.25, 0.3) is 0 Å². The van der Waals surface area contributed by atoms with E-state index in [4.69, 9.17) is 9.52 Å². The number of hydrogen-bond donors (Lipinski definition) is 1. The summed E-state index contributed by atoms with van der Waals surface area (Å²) < 4.78 is 5.35. The molecule has 1 rings (SSSR count). The first-order valence-corrected chi connectivity index (χ1v) is 5.99. The summed E-state index contributed by atoms with van der Waals surface area (Å²) in [5, 5.41) is 8.66. The first-order chi connectivity index (χ1) is 8.06. The molecule has 96 valence electrons. The molecular formula is C13H21NO3. The zero-order valence-electron chi connectivity index (χ0n) is 10.8. The molecule has 0 aliphatic carbocycles. The molecule has 0 fully saturated rings. The van der Waals surface area contributed by atoms with Gasteiger partial charge in [0, 0.05) is 20.2 Å². The third kappa shape index (κ3) is 3.89. The van der Waals surface area contributed by atoms with Gasteiger partial charge in [-0.15, -0.1) is 0 Å². The van der Waals surface area contributed by atoms with E-state index in [2.05, 4.69) is 0 Å². The minimum absolute atomic E-state index is 0.00310. The van der Waals surface area contributed by atoms with E-state index in [0.717, 1.165) is 25.0 Å². The van der Waals surface area contributed by atoms with Crippen LogP contribution in [0.2, 0.25) is 0 Å². The van der Waals surface area contributed by atoms with Gasteiger partial charge >= 0.3 is 0 Å². The number of carbonyl (C=O) groups is 1. The van der Waals surface area contributed by atoms with Gasteiger partial charge in [-0.2, -0.15) is 0 Å². The molecule has 0 radical (unpaired) electrons. The lowest BCUT2D eigenvalue weighted by Gasteiger charge is -2.16. The Morgan fingerprint density at radius 3 is 2.59 bits per heavy atom. The van der Waals surface area contributed by atoms with Crippen molar-refractivity contribution < 1.29 is 14.3 Å². The van der Waals surface area contributed by atoms with Gasteiger partial charge in [-0.05, 0) is 39.2 Å². The van der Waals surface area contributed by atoms with Crippen LogP contribution in [0.1, 0.15) is 41.1 Å². The van der Waals surface area contributed by atoms with Gasteiger partial charge in [-0.25, -0.2) is 0 Å². The van der Waals surface area contributed by atoms with Crippen LogP contribution in [0.5, 0.6) is 0 Å². The number of aryl methyl sites for hydroxylation is 2. The number of aliphatic hydroxyl groups is 1. The van der Waals surface area contributed by atoms with Crippen LogP contribution in [-0.2, 0) is 0 Å². The zero-order chi connectivity index (χ0) is 12.8. The predicted octanol–water partition coefficient (Wildman–Crippen LogP) is 2.13. The van der Waals surface area contributed by atoms with E-state index in [1.165, 1.54) is 0 Å². The Morgan fingerprint density at radius 1 is 1.35 bits per heavy atom. The van der Waals surface area contributed by atoms with Gasteiger partial charge in [-0.1, -0.05) is 0 Å². The molecule has 17 heavy (non-hydrogen) atoms. The van der Waals surface area contributed by atoms with Gasteiger partial charge in [0.1, 0.15) is 11.5 Å². The molecule has 0 saturated carbocycles. The molecule has 0 spiro atoms. The Morgan fingerprint density at radius 2 is 2.06 bits per heavy atom. The van der Waals surface area contributed by atoms with Crippen LogP contribution in [0.3, 0.4) is 0 Å². The summed E-state index contributed by atoms with van der Waals surface area (Å²) in [6.07, 6.45) is 2.65. The maximum atomic E-state index is 12.1. The second-order valence-corrected chi connectivity index (χ2v) is 4.34. The molecule has 1 N–H and O–H groups in total. The predicted molar refractivity (Wildman–Crippen MR) is 66.1 cm³/mol.